The molecule has 29 heavy (non-hydrogen) atoms. The molecule has 4 aromatic carbocycles. The molecule has 0 aliphatic rings. The van der Waals surface area contributed by atoms with Crippen LogP contribution < -0.4 is 32.9 Å². The second-order valence-electron chi connectivity index (χ2n) is 6.71. The third-order valence-electron chi connectivity index (χ3n) is 5.01. The zero-order chi connectivity index (χ0) is 19.4. The first-order valence-corrected chi connectivity index (χ1v) is 12.0. The van der Waals surface area contributed by atoms with Crippen LogP contribution in [0, 0.1) is 5.82 Å². The maximum absolute atomic E-state index is 14.8. The standard InChI is InChI=1S/C25H20BrFP.BrH/c26-21-16-17-25(27)20(18-21)19-28(22-10-4-1-5-11-22,23-12-6-2-7-13-23)24-14-8-3-9-15-24;/h1-18H,19H2;1H/q+1;/p-1. The molecule has 4 heteroatoms. The van der Waals surface area contributed by atoms with Crippen molar-refractivity contribution < 1.29 is 21.4 Å². The van der Waals surface area contributed by atoms with Crippen LogP contribution in [0.25, 0.3) is 0 Å². The number of rotatable bonds is 5. The van der Waals surface area contributed by atoms with Crippen molar-refractivity contribution in [1.82, 2.24) is 0 Å². The first kappa shape index (κ1) is 21.9. The van der Waals surface area contributed by atoms with Gasteiger partial charge in [0.15, 0.2) is 0 Å². The molecule has 0 spiro atoms. The highest BCUT2D eigenvalue weighted by molar-refractivity contribution is 9.10. The molecule has 0 saturated carbocycles. The minimum atomic E-state index is -2.08. The summed E-state index contributed by atoms with van der Waals surface area (Å²) in [6, 6.07) is 36.9. The number of hydrogen-bond donors (Lipinski definition) is 0. The molecule has 0 nitrogen and oxygen atoms in total. The van der Waals surface area contributed by atoms with Gasteiger partial charge in [0.05, 0.1) is 0 Å². The van der Waals surface area contributed by atoms with Crippen LogP contribution >= 0.6 is 23.2 Å². The molecule has 146 valence electrons. The molecule has 0 aliphatic carbocycles. The van der Waals surface area contributed by atoms with Crippen LogP contribution in [0.5, 0.6) is 0 Å². The lowest BCUT2D eigenvalue weighted by Gasteiger charge is -2.28. The van der Waals surface area contributed by atoms with Crippen molar-refractivity contribution in [1.29, 1.82) is 0 Å². The first-order chi connectivity index (χ1) is 13.7. The molecule has 0 aliphatic heterocycles. The normalized spacial score (nSPS) is 11.0. The molecule has 0 heterocycles. The van der Waals surface area contributed by atoms with E-state index in [1.807, 2.05) is 24.3 Å². The van der Waals surface area contributed by atoms with Gasteiger partial charge in [-0.25, -0.2) is 4.39 Å². The molecule has 0 radical (unpaired) electrons. The van der Waals surface area contributed by atoms with Gasteiger partial charge in [0.2, 0.25) is 0 Å². The third kappa shape index (κ3) is 4.53. The second-order valence-corrected chi connectivity index (χ2v) is 11.1. The lowest BCUT2D eigenvalue weighted by Crippen LogP contribution is -3.00. The average molecular weight is 530 g/mol. The Hall–Kier alpha value is -1.80. The third-order valence-corrected chi connectivity index (χ3v) is 9.85. The first-order valence-electron chi connectivity index (χ1n) is 9.19. The maximum atomic E-state index is 14.8. The summed E-state index contributed by atoms with van der Waals surface area (Å²) in [6.07, 6.45) is 0.635. The number of halogens is 3. The van der Waals surface area contributed by atoms with Crippen molar-refractivity contribution in [3.63, 3.8) is 0 Å². The summed E-state index contributed by atoms with van der Waals surface area (Å²) in [5.41, 5.74) is 0.735. The van der Waals surface area contributed by atoms with E-state index in [4.69, 9.17) is 0 Å². The van der Waals surface area contributed by atoms with Gasteiger partial charge in [0, 0.05) is 10.0 Å². The Morgan fingerprint density at radius 2 is 1.03 bits per heavy atom. The summed E-state index contributed by atoms with van der Waals surface area (Å²) in [5, 5.41) is 3.77. The lowest BCUT2D eigenvalue weighted by atomic mass is 10.2. The monoisotopic (exact) mass is 528 g/mol. The van der Waals surface area contributed by atoms with Crippen LogP contribution in [-0.2, 0) is 6.16 Å². The van der Waals surface area contributed by atoms with E-state index in [1.165, 1.54) is 15.9 Å². The molecular formula is C25H20Br2FP. The van der Waals surface area contributed by atoms with Crippen molar-refractivity contribution >= 4 is 39.1 Å². The largest absolute Gasteiger partial charge is 1.00 e. The van der Waals surface area contributed by atoms with Gasteiger partial charge in [0.25, 0.3) is 0 Å². The molecule has 0 fully saturated rings. The van der Waals surface area contributed by atoms with Crippen LogP contribution in [0.4, 0.5) is 4.39 Å². The predicted octanol–water partition coefficient (Wildman–Crippen LogP) is 3.09. The molecule has 4 rings (SSSR count). The van der Waals surface area contributed by atoms with Crippen LogP contribution in [0.3, 0.4) is 0 Å². The second kappa shape index (κ2) is 9.80. The van der Waals surface area contributed by atoms with Crippen molar-refractivity contribution in [3.8, 4) is 0 Å². The van der Waals surface area contributed by atoms with Gasteiger partial charge in [0.1, 0.15) is 35.2 Å². The lowest BCUT2D eigenvalue weighted by molar-refractivity contribution is -0.00000587. The highest BCUT2D eigenvalue weighted by Gasteiger charge is 2.45. The Labute approximate surface area is 191 Å². The van der Waals surface area contributed by atoms with Crippen molar-refractivity contribution in [2.24, 2.45) is 0 Å². The fourth-order valence-electron chi connectivity index (χ4n) is 3.69. The Bertz CT molecular complexity index is 957. The summed E-state index contributed by atoms with van der Waals surface area (Å²) in [7, 11) is -2.08. The topological polar surface area (TPSA) is 0 Å². The van der Waals surface area contributed by atoms with Crippen molar-refractivity contribution in [3.05, 3.63) is 125 Å². The van der Waals surface area contributed by atoms with E-state index in [1.54, 1.807) is 12.1 Å². The molecule has 0 atom stereocenters. The highest BCUT2D eigenvalue weighted by atomic mass is 79.9. The molecule has 0 N–H and O–H groups in total. The number of hydrogen-bond acceptors (Lipinski definition) is 0. The zero-order valence-corrected chi connectivity index (χ0v) is 19.7. The Kier molecular flexibility index (Phi) is 7.40. The van der Waals surface area contributed by atoms with E-state index < -0.39 is 7.26 Å². The fraction of sp³-hybridized carbons (Fsp3) is 0.0400. The summed E-state index contributed by atoms with van der Waals surface area (Å²) in [6.45, 7) is 0. The van der Waals surface area contributed by atoms with E-state index in [0.717, 1.165) is 10.0 Å². The van der Waals surface area contributed by atoms with Gasteiger partial charge in [-0.15, -0.1) is 0 Å². The minimum Gasteiger partial charge on any atom is -1.00 e. The van der Waals surface area contributed by atoms with Crippen LogP contribution in [0.15, 0.2) is 114 Å². The minimum absolute atomic E-state index is 0. The van der Waals surface area contributed by atoms with E-state index in [2.05, 4.69) is 88.7 Å². The van der Waals surface area contributed by atoms with Crippen molar-refractivity contribution in [2.45, 2.75) is 6.16 Å². The average Bonchev–Trinajstić information content (AvgIpc) is 2.76. The van der Waals surface area contributed by atoms with Crippen LogP contribution in [0.1, 0.15) is 5.56 Å². The van der Waals surface area contributed by atoms with Gasteiger partial charge < -0.3 is 17.0 Å². The summed E-state index contributed by atoms with van der Waals surface area (Å²) in [4.78, 5) is 0. The van der Waals surface area contributed by atoms with E-state index in [9.17, 15) is 4.39 Å². The molecular weight excluding hydrogens is 510 g/mol. The van der Waals surface area contributed by atoms with Gasteiger partial charge in [-0.05, 0) is 54.6 Å². The Morgan fingerprint density at radius 1 is 0.621 bits per heavy atom. The molecule has 4 aromatic rings. The molecule has 0 bridgehead atoms. The van der Waals surface area contributed by atoms with E-state index in [-0.39, 0.29) is 22.8 Å². The van der Waals surface area contributed by atoms with E-state index in [0.29, 0.717) is 6.16 Å². The van der Waals surface area contributed by atoms with Gasteiger partial charge >= 0.3 is 0 Å². The van der Waals surface area contributed by atoms with Gasteiger partial charge in [-0.2, -0.15) is 0 Å². The molecule has 0 saturated heterocycles. The van der Waals surface area contributed by atoms with Gasteiger partial charge in [-0.1, -0.05) is 70.5 Å². The van der Waals surface area contributed by atoms with Crippen LogP contribution in [0.2, 0.25) is 0 Å². The predicted molar refractivity (Wildman–Crippen MR) is 123 cm³/mol. The quantitative estimate of drug-likeness (QED) is 0.349. The summed E-state index contributed by atoms with van der Waals surface area (Å²) >= 11 is 3.52. The fourth-order valence-corrected chi connectivity index (χ4v) is 8.34. The molecule has 0 unspecified atom stereocenters. The number of benzene rings is 4. The Morgan fingerprint density at radius 3 is 1.45 bits per heavy atom. The summed E-state index contributed by atoms with van der Waals surface area (Å²) < 4.78 is 15.7. The SMILES string of the molecule is Fc1ccc(Br)cc1C[P+](c1ccccc1)(c1ccccc1)c1ccccc1.[Br-]. The highest BCUT2D eigenvalue weighted by Crippen LogP contribution is 2.58. The Balaban J connectivity index is 0.00000240. The van der Waals surface area contributed by atoms with E-state index >= 15 is 0 Å². The van der Waals surface area contributed by atoms with Crippen LogP contribution in [-0.4, -0.2) is 0 Å². The smallest absolute Gasteiger partial charge is 0.130 e. The maximum Gasteiger partial charge on any atom is 0.130 e. The zero-order valence-electron chi connectivity index (χ0n) is 15.7. The molecule has 0 amide bonds. The summed E-state index contributed by atoms with van der Waals surface area (Å²) in [5.74, 6) is -0.157. The molecule has 0 aromatic heterocycles. The van der Waals surface area contributed by atoms with Gasteiger partial charge in [-0.3, -0.25) is 0 Å². The van der Waals surface area contributed by atoms with Crippen molar-refractivity contribution in [2.75, 3.05) is 0 Å².